The molecule has 1 aliphatic carbocycles. The van der Waals surface area contributed by atoms with Crippen molar-refractivity contribution in [2.45, 2.75) is 44.8 Å². The van der Waals surface area contributed by atoms with E-state index in [1.807, 2.05) is 24.3 Å². The van der Waals surface area contributed by atoms with E-state index in [-0.39, 0.29) is 18.6 Å². The zero-order chi connectivity index (χ0) is 18.4. The summed E-state index contributed by atoms with van der Waals surface area (Å²) < 4.78 is 11.2. The zero-order valence-electron chi connectivity index (χ0n) is 15.0. The number of amides is 1. The van der Waals surface area contributed by atoms with Gasteiger partial charge in [-0.1, -0.05) is 43.0 Å². The number of ether oxygens (including phenoxy) is 2. The number of rotatable bonds is 6. The van der Waals surface area contributed by atoms with Crippen LogP contribution in [0.25, 0.3) is 0 Å². The van der Waals surface area contributed by atoms with Crippen LogP contribution in [0.1, 0.15) is 48.0 Å². The maximum absolute atomic E-state index is 12.6. The van der Waals surface area contributed by atoms with Gasteiger partial charge in [0.1, 0.15) is 18.1 Å². The van der Waals surface area contributed by atoms with Gasteiger partial charge in [0.15, 0.2) is 0 Å². The van der Waals surface area contributed by atoms with Gasteiger partial charge < -0.3 is 14.8 Å². The van der Waals surface area contributed by atoms with E-state index in [4.69, 9.17) is 21.1 Å². The van der Waals surface area contributed by atoms with Crippen LogP contribution in [0.3, 0.4) is 0 Å². The molecule has 0 unspecified atom stereocenters. The SMILES string of the molecule is COc1ccc(C(=O)NC2CCCCC2)cc1COc1ccccc1Cl. The highest BCUT2D eigenvalue weighted by Crippen LogP contribution is 2.27. The molecule has 5 heteroatoms. The minimum atomic E-state index is -0.0430. The summed E-state index contributed by atoms with van der Waals surface area (Å²) in [5.74, 6) is 1.25. The van der Waals surface area contributed by atoms with Gasteiger partial charge in [0.2, 0.25) is 0 Å². The Morgan fingerprint density at radius 2 is 1.88 bits per heavy atom. The van der Waals surface area contributed by atoms with E-state index >= 15 is 0 Å². The number of halogens is 1. The summed E-state index contributed by atoms with van der Waals surface area (Å²) in [5, 5.41) is 3.69. The molecule has 1 amide bonds. The number of para-hydroxylation sites is 1. The van der Waals surface area contributed by atoms with Gasteiger partial charge >= 0.3 is 0 Å². The molecule has 1 fully saturated rings. The Bertz CT molecular complexity index is 757. The number of hydrogen-bond acceptors (Lipinski definition) is 3. The molecule has 0 saturated heterocycles. The van der Waals surface area contributed by atoms with Gasteiger partial charge in [0.05, 0.1) is 12.1 Å². The summed E-state index contributed by atoms with van der Waals surface area (Å²) >= 11 is 6.13. The molecule has 2 aromatic rings. The third-order valence-electron chi connectivity index (χ3n) is 4.70. The van der Waals surface area contributed by atoms with Crippen molar-refractivity contribution in [3.63, 3.8) is 0 Å². The summed E-state index contributed by atoms with van der Waals surface area (Å²) in [5.41, 5.74) is 1.43. The predicted molar refractivity (Wildman–Crippen MR) is 103 cm³/mol. The molecule has 1 N–H and O–H groups in total. The lowest BCUT2D eigenvalue weighted by atomic mass is 9.95. The molecule has 26 heavy (non-hydrogen) atoms. The van der Waals surface area contributed by atoms with Crippen LogP contribution in [0.2, 0.25) is 5.02 Å². The van der Waals surface area contributed by atoms with Crippen LogP contribution in [-0.2, 0) is 6.61 Å². The van der Waals surface area contributed by atoms with Gasteiger partial charge in [-0.15, -0.1) is 0 Å². The third kappa shape index (κ3) is 4.70. The Balaban J connectivity index is 1.71. The average Bonchev–Trinajstić information content (AvgIpc) is 2.68. The Morgan fingerprint density at radius 3 is 2.62 bits per heavy atom. The number of hydrogen-bond donors (Lipinski definition) is 1. The molecular formula is C21H24ClNO3. The van der Waals surface area contributed by atoms with Crippen molar-refractivity contribution < 1.29 is 14.3 Å². The van der Waals surface area contributed by atoms with E-state index < -0.39 is 0 Å². The fourth-order valence-corrected chi connectivity index (χ4v) is 3.46. The van der Waals surface area contributed by atoms with Gasteiger partial charge in [0, 0.05) is 17.2 Å². The van der Waals surface area contributed by atoms with Crippen LogP contribution in [0.15, 0.2) is 42.5 Å². The second-order valence-corrected chi connectivity index (χ2v) is 6.96. The second kappa shape index (κ2) is 8.95. The van der Waals surface area contributed by atoms with Gasteiger partial charge in [-0.2, -0.15) is 0 Å². The first-order chi connectivity index (χ1) is 12.7. The fraction of sp³-hybridized carbons (Fsp3) is 0.381. The Kier molecular flexibility index (Phi) is 6.40. The van der Waals surface area contributed by atoms with Crippen LogP contribution < -0.4 is 14.8 Å². The molecular weight excluding hydrogens is 350 g/mol. The Morgan fingerprint density at radius 1 is 1.12 bits per heavy atom. The Hall–Kier alpha value is -2.20. The first-order valence-corrected chi connectivity index (χ1v) is 9.40. The lowest BCUT2D eigenvalue weighted by molar-refractivity contribution is 0.0927. The van der Waals surface area contributed by atoms with Crippen molar-refractivity contribution in [2.24, 2.45) is 0 Å². The molecule has 3 rings (SSSR count). The molecule has 2 aromatic carbocycles. The summed E-state index contributed by atoms with van der Waals surface area (Å²) in [6, 6.07) is 13.0. The topological polar surface area (TPSA) is 47.6 Å². The van der Waals surface area contributed by atoms with E-state index in [0.29, 0.717) is 22.1 Å². The van der Waals surface area contributed by atoms with E-state index in [1.165, 1.54) is 19.3 Å². The monoisotopic (exact) mass is 373 g/mol. The van der Waals surface area contributed by atoms with Crippen molar-refractivity contribution in [1.82, 2.24) is 5.32 Å². The maximum Gasteiger partial charge on any atom is 0.251 e. The highest BCUT2D eigenvalue weighted by Gasteiger charge is 2.18. The standard InChI is InChI=1S/C21H24ClNO3/c1-25-19-12-11-15(21(24)23-17-7-3-2-4-8-17)13-16(19)14-26-20-10-6-5-9-18(20)22/h5-6,9-13,17H,2-4,7-8,14H2,1H3,(H,23,24). The molecule has 0 heterocycles. The number of carbonyl (C=O) groups excluding carboxylic acids is 1. The molecule has 1 saturated carbocycles. The normalized spacial score (nSPS) is 14.7. The zero-order valence-corrected chi connectivity index (χ0v) is 15.7. The highest BCUT2D eigenvalue weighted by molar-refractivity contribution is 6.32. The van der Waals surface area contributed by atoms with Crippen LogP contribution in [0.4, 0.5) is 0 Å². The lowest BCUT2D eigenvalue weighted by Crippen LogP contribution is -2.36. The van der Waals surface area contributed by atoms with Gasteiger partial charge in [-0.25, -0.2) is 0 Å². The van der Waals surface area contributed by atoms with Crippen molar-refractivity contribution >= 4 is 17.5 Å². The van der Waals surface area contributed by atoms with E-state index in [9.17, 15) is 4.79 Å². The molecule has 138 valence electrons. The smallest absolute Gasteiger partial charge is 0.251 e. The van der Waals surface area contributed by atoms with Gasteiger partial charge in [-0.3, -0.25) is 4.79 Å². The number of methoxy groups -OCH3 is 1. The van der Waals surface area contributed by atoms with Crippen molar-refractivity contribution in [3.8, 4) is 11.5 Å². The predicted octanol–water partition coefficient (Wildman–Crippen LogP) is 4.99. The van der Waals surface area contributed by atoms with E-state index in [0.717, 1.165) is 18.4 Å². The largest absolute Gasteiger partial charge is 0.496 e. The van der Waals surface area contributed by atoms with Gasteiger partial charge in [-0.05, 0) is 43.2 Å². The van der Waals surface area contributed by atoms with E-state index in [2.05, 4.69) is 5.32 Å². The number of nitrogens with one attached hydrogen (secondary N) is 1. The molecule has 0 spiro atoms. The molecule has 0 radical (unpaired) electrons. The van der Waals surface area contributed by atoms with Gasteiger partial charge in [0.25, 0.3) is 5.91 Å². The Labute approximate surface area is 159 Å². The van der Waals surface area contributed by atoms with Crippen LogP contribution >= 0.6 is 11.6 Å². The number of benzene rings is 2. The second-order valence-electron chi connectivity index (χ2n) is 6.55. The minimum Gasteiger partial charge on any atom is -0.496 e. The first-order valence-electron chi connectivity index (χ1n) is 9.02. The summed E-state index contributed by atoms with van der Waals surface area (Å²) in [6.07, 6.45) is 5.75. The quantitative estimate of drug-likeness (QED) is 0.775. The number of carbonyl (C=O) groups is 1. The summed E-state index contributed by atoms with van der Waals surface area (Å²) in [7, 11) is 1.61. The lowest BCUT2D eigenvalue weighted by Gasteiger charge is -2.23. The summed E-state index contributed by atoms with van der Waals surface area (Å²) in [4.78, 5) is 12.6. The van der Waals surface area contributed by atoms with E-state index in [1.54, 1.807) is 25.3 Å². The first kappa shape index (κ1) is 18.6. The van der Waals surface area contributed by atoms with Crippen LogP contribution in [0, 0.1) is 0 Å². The molecule has 0 aromatic heterocycles. The summed E-state index contributed by atoms with van der Waals surface area (Å²) in [6.45, 7) is 0.275. The van der Waals surface area contributed by atoms with Crippen LogP contribution in [-0.4, -0.2) is 19.1 Å². The maximum atomic E-state index is 12.6. The molecule has 4 nitrogen and oxygen atoms in total. The molecule has 1 aliphatic rings. The highest BCUT2D eigenvalue weighted by atomic mass is 35.5. The molecule has 0 bridgehead atoms. The molecule has 0 atom stereocenters. The van der Waals surface area contributed by atoms with Crippen LogP contribution in [0.5, 0.6) is 11.5 Å². The third-order valence-corrected chi connectivity index (χ3v) is 5.02. The van der Waals surface area contributed by atoms with Crippen molar-refractivity contribution in [3.05, 3.63) is 58.6 Å². The fourth-order valence-electron chi connectivity index (χ4n) is 3.27. The molecule has 0 aliphatic heterocycles. The van der Waals surface area contributed by atoms with Crippen molar-refractivity contribution in [2.75, 3.05) is 7.11 Å². The van der Waals surface area contributed by atoms with Crippen molar-refractivity contribution in [1.29, 1.82) is 0 Å². The average molecular weight is 374 g/mol. The minimum absolute atomic E-state index is 0.0430.